The number of aromatic amines is 1. The van der Waals surface area contributed by atoms with Gasteiger partial charge in [-0.1, -0.05) is 104 Å². The van der Waals surface area contributed by atoms with Crippen molar-refractivity contribution in [2.75, 3.05) is 13.2 Å². The van der Waals surface area contributed by atoms with E-state index in [2.05, 4.69) is 42.7 Å². The van der Waals surface area contributed by atoms with E-state index >= 15 is 0 Å². The van der Waals surface area contributed by atoms with Crippen LogP contribution >= 0.6 is 11.6 Å². The lowest BCUT2D eigenvalue weighted by atomic mass is 9.98. The topological polar surface area (TPSA) is 180 Å². The van der Waals surface area contributed by atoms with Crippen LogP contribution in [0.5, 0.6) is 0 Å². The van der Waals surface area contributed by atoms with E-state index in [1.165, 1.54) is 0 Å². The number of tetrazole rings is 1. The fourth-order valence-electron chi connectivity index (χ4n) is 5.45. The molecular formula is C35H37ClN8O6. The van der Waals surface area contributed by atoms with Crippen LogP contribution in [0.15, 0.2) is 78.9 Å². The number of hydrogen-bond donors (Lipinski definition) is 2. The Hall–Kier alpha value is -5.63. The lowest BCUT2D eigenvalue weighted by Gasteiger charge is -2.19. The standard InChI is InChI=1S/C35H37ClN8O6/c1-2-3-15-30-38-32(36)31(34(45)37-29(22-24-11-5-4-6-12-24)35(46)49-20-9-10-21-50-44(47)48)43(30)23-25-16-18-26(19-17-25)27-13-7-8-14-28(27)33-39-41-42-40-33/h4-8,11-14,16-19,29H,2-3,9-10,15,20-23H2,1H3,(H,37,45)(H,39,40,41,42)/t29-/m0/s1. The largest absolute Gasteiger partial charge is 0.464 e. The third-order valence-corrected chi connectivity index (χ3v) is 8.22. The number of imidazole rings is 1. The van der Waals surface area contributed by atoms with E-state index in [1.807, 2.05) is 78.9 Å². The third kappa shape index (κ3) is 9.50. The predicted octanol–water partition coefficient (Wildman–Crippen LogP) is 5.65. The Morgan fingerprint density at radius 3 is 2.38 bits per heavy atom. The Balaban J connectivity index is 1.36. The molecule has 3 aromatic carbocycles. The van der Waals surface area contributed by atoms with Gasteiger partial charge in [-0.25, -0.2) is 14.9 Å². The molecule has 14 nitrogen and oxygen atoms in total. The van der Waals surface area contributed by atoms with Crippen LogP contribution in [0.2, 0.25) is 5.15 Å². The highest BCUT2D eigenvalue weighted by Crippen LogP contribution is 2.30. The molecule has 0 saturated heterocycles. The fraction of sp³-hybridized carbons (Fsp3) is 0.314. The van der Waals surface area contributed by atoms with Gasteiger partial charge in [0, 0.05) is 24.9 Å². The van der Waals surface area contributed by atoms with Crippen LogP contribution in [0.25, 0.3) is 22.5 Å². The minimum atomic E-state index is -1.03. The second-order valence-corrected chi connectivity index (χ2v) is 11.9. The molecular weight excluding hydrogens is 664 g/mol. The average molecular weight is 701 g/mol. The number of carbonyl (C=O) groups excluding carboxylic acids is 2. The number of hydrogen-bond acceptors (Lipinski definition) is 10. The first-order valence-corrected chi connectivity index (χ1v) is 16.7. The van der Waals surface area contributed by atoms with Crippen molar-refractivity contribution in [1.82, 2.24) is 35.5 Å². The lowest BCUT2D eigenvalue weighted by molar-refractivity contribution is -0.757. The van der Waals surface area contributed by atoms with Gasteiger partial charge in [0.1, 0.15) is 17.6 Å². The van der Waals surface area contributed by atoms with E-state index in [-0.39, 0.29) is 30.5 Å². The zero-order chi connectivity index (χ0) is 35.3. The number of halogens is 1. The molecule has 0 aliphatic rings. The average Bonchev–Trinajstić information content (AvgIpc) is 3.77. The van der Waals surface area contributed by atoms with Crippen LogP contribution in [0.4, 0.5) is 0 Å². The van der Waals surface area contributed by atoms with Crippen molar-refractivity contribution in [3.8, 4) is 22.5 Å². The molecule has 0 radical (unpaired) electrons. The Morgan fingerprint density at radius 2 is 1.68 bits per heavy atom. The summed E-state index contributed by atoms with van der Waals surface area (Å²) in [5, 5.41) is 26.7. The summed E-state index contributed by atoms with van der Waals surface area (Å²) in [7, 11) is 0. The summed E-state index contributed by atoms with van der Waals surface area (Å²) in [4.78, 5) is 46.5. The monoisotopic (exact) mass is 700 g/mol. The summed E-state index contributed by atoms with van der Waals surface area (Å²) in [6.07, 6.45) is 3.23. The number of amides is 1. The highest BCUT2D eigenvalue weighted by atomic mass is 35.5. The SMILES string of the molecule is CCCCc1nc(Cl)c(C(=O)N[C@@H](Cc2ccccc2)C(=O)OCCCCO[N+](=O)[O-])n1Cc1ccc(-c2ccccc2-c2nnn[nH]2)cc1. The number of nitrogens with zero attached hydrogens (tertiary/aromatic N) is 6. The van der Waals surface area contributed by atoms with Crippen LogP contribution in [0.3, 0.4) is 0 Å². The molecule has 0 unspecified atom stereocenters. The number of benzene rings is 3. The Morgan fingerprint density at radius 1 is 0.960 bits per heavy atom. The molecule has 1 atom stereocenters. The molecule has 5 aromatic rings. The van der Waals surface area contributed by atoms with E-state index in [0.717, 1.165) is 40.7 Å². The van der Waals surface area contributed by atoms with Crippen molar-refractivity contribution >= 4 is 23.5 Å². The fourth-order valence-corrected chi connectivity index (χ4v) is 5.74. The van der Waals surface area contributed by atoms with Gasteiger partial charge in [-0.05, 0) is 51.9 Å². The van der Waals surface area contributed by atoms with Crippen LogP contribution < -0.4 is 5.32 Å². The number of aromatic nitrogens is 6. The summed E-state index contributed by atoms with van der Waals surface area (Å²) in [5.41, 5.74) is 4.65. The van der Waals surface area contributed by atoms with E-state index < -0.39 is 23.0 Å². The van der Waals surface area contributed by atoms with Gasteiger partial charge in [-0.15, -0.1) is 15.2 Å². The van der Waals surface area contributed by atoms with Crippen LogP contribution in [-0.2, 0) is 33.8 Å². The maximum Gasteiger partial charge on any atom is 0.328 e. The Bertz CT molecular complexity index is 1870. The number of esters is 1. The summed E-state index contributed by atoms with van der Waals surface area (Å²) in [6.45, 7) is 2.29. The van der Waals surface area contributed by atoms with Gasteiger partial charge in [0.15, 0.2) is 11.0 Å². The summed E-state index contributed by atoms with van der Waals surface area (Å²) < 4.78 is 7.27. The first kappa shape index (κ1) is 35.7. The molecule has 0 aliphatic heterocycles. The molecule has 50 heavy (non-hydrogen) atoms. The van der Waals surface area contributed by atoms with Gasteiger partial charge in [-0.2, -0.15) is 0 Å². The smallest absolute Gasteiger partial charge is 0.328 e. The highest BCUT2D eigenvalue weighted by Gasteiger charge is 2.28. The number of rotatable bonds is 18. The maximum atomic E-state index is 14.0. The number of H-pyrrole nitrogens is 1. The number of carbonyl (C=O) groups is 2. The van der Waals surface area contributed by atoms with Gasteiger partial charge in [-0.3, -0.25) is 4.79 Å². The van der Waals surface area contributed by atoms with Crippen LogP contribution in [0.1, 0.15) is 60.0 Å². The number of nitrogens with one attached hydrogen (secondary N) is 2. The molecule has 15 heteroatoms. The normalized spacial score (nSPS) is 11.6. The number of ether oxygens (including phenoxy) is 1. The van der Waals surface area contributed by atoms with Gasteiger partial charge in [0.2, 0.25) is 0 Å². The second-order valence-electron chi connectivity index (χ2n) is 11.5. The first-order valence-electron chi connectivity index (χ1n) is 16.3. The molecule has 0 bridgehead atoms. The Kier molecular flexibility index (Phi) is 12.6. The zero-order valence-electron chi connectivity index (χ0n) is 27.5. The Labute approximate surface area is 293 Å². The molecule has 0 aliphatic carbocycles. The van der Waals surface area contributed by atoms with Crippen molar-refractivity contribution in [2.24, 2.45) is 0 Å². The molecule has 2 N–H and O–H groups in total. The van der Waals surface area contributed by atoms with Gasteiger partial charge in [0.25, 0.3) is 11.0 Å². The van der Waals surface area contributed by atoms with E-state index in [0.29, 0.717) is 37.5 Å². The van der Waals surface area contributed by atoms with Gasteiger partial charge >= 0.3 is 5.97 Å². The minimum Gasteiger partial charge on any atom is -0.464 e. The predicted molar refractivity (Wildman–Crippen MR) is 185 cm³/mol. The van der Waals surface area contributed by atoms with E-state index in [1.54, 1.807) is 4.57 Å². The molecule has 5 rings (SSSR count). The summed E-state index contributed by atoms with van der Waals surface area (Å²) >= 11 is 6.65. The van der Waals surface area contributed by atoms with Gasteiger partial charge < -0.3 is 19.5 Å². The van der Waals surface area contributed by atoms with Crippen molar-refractivity contribution in [2.45, 2.75) is 58.0 Å². The number of aryl methyl sites for hydroxylation is 1. The highest BCUT2D eigenvalue weighted by molar-refractivity contribution is 6.32. The van der Waals surface area contributed by atoms with Crippen LogP contribution in [0, 0.1) is 10.1 Å². The van der Waals surface area contributed by atoms with Crippen molar-refractivity contribution in [1.29, 1.82) is 0 Å². The summed E-state index contributed by atoms with van der Waals surface area (Å²) in [6, 6.07) is 24.0. The second kappa shape index (κ2) is 17.7. The number of unbranched alkanes of at least 4 members (excludes halogenated alkanes) is 2. The lowest BCUT2D eigenvalue weighted by Crippen LogP contribution is -2.44. The quantitative estimate of drug-likeness (QED) is 0.0502. The molecule has 0 saturated carbocycles. The van der Waals surface area contributed by atoms with E-state index in [9.17, 15) is 19.7 Å². The van der Waals surface area contributed by atoms with Crippen molar-refractivity contribution < 1.29 is 24.3 Å². The molecule has 1 amide bonds. The molecule has 0 spiro atoms. The third-order valence-electron chi connectivity index (χ3n) is 7.96. The molecule has 2 heterocycles. The zero-order valence-corrected chi connectivity index (χ0v) is 28.2. The molecule has 2 aromatic heterocycles. The van der Waals surface area contributed by atoms with E-state index in [4.69, 9.17) is 16.3 Å². The van der Waals surface area contributed by atoms with Crippen molar-refractivity contribution in [3.63, 3.8) is 0 Å². The minimum absolute atomic E-state index is 0.0106. The first-order chi connectivity index (χ1) is 24.3. The molecule has 260 valence electrons. The molecule has 0 fully saturated rings. The maximum absolute atomic E-state index is 14.0. The van der Waals surface area contributed by atoms with Crippen LogP contribution in [-0.4, -0.2) is 66.4 Å². The van der Waals surface area contributed by atoms with Gasteiger partial charge in [0.05, 0.1) is 13.2 Å². The van der Waals surface area contributed by atoms with Crippen molar-refractivity contribution in [3.05, 3.63) is 117 Å². The summed E-state index contributed by atoms with van der Waals surface area (Å²) in [5.74, 6) is 0.0237.